The Bertz CT molecular complexity index is 789. The summed E-state index contributed by atoms with van der Waals surface area (Å²) in [7, 11) is 3.05. The molecule has 3 rings (SSSR count). The van der Waals surface area contributed by atoms with Gasteiger partial charge >= 0.3 is 0 Å². The van der Waals surface area contributed by atoms with Crippen molar-refractivity contribution in [2.75, 3.05) is 33.9 Å². The van der Waals surface area contributed by atoms with Crippen LogP contribution in [0.3, 0.4) is 0 Å². The molecule has 0 radical (unpaired) electrons. The van der Waals surface area contributed by atoms with Crippen molar-refractivity contribution >= 4 is 29.9 Å². The Labute approximate surface area is 190 Å². The molecule has 0 saturated carbocycles. The van der Waals surface area contributed by atoms with Crippen LogP contribution in [-0.4, -0.2) is 49.8 Å². The van der Waals surface area contributed by atoms with Gasteiger partial charge in [0.15, 0.2) is 17.5 Å². The van der Waals surface area contributed by atoms with E-state index in [1.807, 2.05) is 0 Å². The Kier molecular flexibility index (Phi) is 8.88. The molecule has 29 heavy (non-hydrogen) atoms. The van der Waals surface area contributed by atoms with Crippen LogP contribution in [0, 0.1) is 0 Å². The Morgan fingerprint density at radius 1 is 1.17 bits per heavy atom. The van der Waals surface area contributed by atoms with Crippen LogP contribution in [0.4, 0.5) is 0 Å². The average Bonchev–Trinajstić information content (AvgIpc) is 3.22. The van der Waals surface area contributed by atoms with E-state index in [4.69, 9.17) is 14.5 Å². The second kappa shape index (κ2) is 11.1. The number of phenolic OH excluding ortho intramolecular Hbond substituents is 1. The fourth-order valence-corrected chi connectivity index (χ4v) is 3.58. The van der Waals surface area contributed by atoms with Gasteiger partial charge in [0.2, 0.25) is 5.75 Å². The van der Waals surface area contributed by atoms with Crippen molar-refractivity contribution in [3.8, 4) is 17.2 Å². The zero-order chi connectivity index (χ0) is 19.9. The number of aromatic hydroxyl groups is 1. The van der Waals surface area contributed by atoms with Crippen molar-refractivity contribution < 1.29 is 14.6 Å². The third-order valence-corrected chi connectivity index (χ3v) is 5.04. The van der Waals surface area contributed by atoms with Crippen molar-refractivity contribution in [3.63, 3.8) is 0 Å². The SMILES string of the molecule is CCNC(=NCc1cc(OC)c(O)c(OC)c1)N1CCC(c2ccccc2)C1.I. The maximum absolute atomic E-state index is 10.1. The number of aliphatic imine (C=N–C) groups is 1. The summed E-state index contributed by atoms with van der Waals surface area (Å²) in [6.07, 6.45) is 1.12. The number of hydrogen-bond donors (Lipinski definition) is 2. The summed E-state index contributed by atoms with van der Waals surface area (Å²) in [6, 6.07) is 14.2. The largest absolute Gasteiger partial charge is 0.502 e. The molecule has 1 fully saturated rings. The zero-order valence-corrected chi connectivity index (χ0v) is 19.6. The fourth-order valence-electron chi connectivity index (χ4n) is 3.58. The van der Waals surface area contributed by atoms with E-state index in [1.54, 1.807) is 12.1 Å². The van der Waals surface area contributed by atoms with Gasteiger partial charge in [0.25, 0.3) is 0 Å². The molecule has 158 valence electrons. The Morgan fingerprint density at radius 3 is 2.41 bits per heavy atom. The lowest BCUT2D eigenvalue weighted by Gasteiger charge is -2.22. The van der Waals surface area contributed by atoms with Crippen LogP contribution in [0.15, 0.2) is 47.5 Å². The summed E-state index contributed by atoms with van der Waals surface area (Å²) in [6.45, 7) is 5.30. The third kappa shape index (κ3) is 5.68. The van der Waals surface area contributed by atoms with Crippen LogP contribution in [0.5, 0.6) is 17.2 Å². The molecule has 1 saturated heterocycles. The molecule has 1 heterocycles. The van der Waals surface area contributed by atoms with Crippen LogP contribution in [-0.2, 0) is 6.54 Å². The first-order chi connectivity index (χ1) is 13.7. The molecular formula is C22H30IN3O3. The smallest absolute Gasteiger partial charge is 0.200 e. The number of likely N-dealkylation sites (tertiary alicyclic amines) is 1. The van der Waals surface area contributed by atoms with E-state index in [2.05, 4.69) is 47.5 Å². The molecule has 0 aromatic heterocycles. The first kappa shape index (κ1) is 23.1. The van der Waals surface area contributed by atoms with Gasteiger partial charge in [-0.25, -0.2) is 4.99 Å². The normalized spacial score (nSPS) is 16.3. The summed E-state index contributed by atoms with van der Waals surface area (Å²) < 4.78 is 10.5. The van der Waals surface area contributed by atoms with E-state index in [9.17, 15) is 5.11 Å². The number of guanidine groups is 1. The van der Waals surface area contributed by atoms with Gasteiger partial charge in [-0.1, -0.05) is 30.3 Å². The second-order valence-electron chi connectivity index (χ2n) is 6.86. The highest BCUT2D eigenvalue weighted by Gasteiger charge is 2.25. The molecule has 1 aliphatic rings. The van der Waals surface area contributed by atoms with E-state index in [0.29, 0.717) is 24.0 Å². The van der Waals surface area contributed by atoms with Crippen molar-refractivity contribution in [1.82, 2.24) is 10.2 Å². The van der Waals surface area contributed by atoms with Crippen LogP contribution in [0.2, 0.25) is 0 Å². The zero-order valence-electron chi connectivity index (χ0n) is 17.2. The number of methoxy groups -OCH3 is 2. The maximum Gasteiger partial charge on any atom is 0.200 e. The van der Waals surface area contributed by atoms with Gasteiger partial charge in [-0.15, -0.1) is 24.0 Å². The number of ether oxygens (including phenoxy) is 2. The van der Waals surface area contributed by atoms with Crippen molar-refractivity contribution in [3.05, 3.63) is 53.6 Å². The number of nitrogens with zero attached hydrogens (tertiary/aromatic N) is 2. The van der Waals surface area contributed by atoms with Crippen LogP contribution in [0.1, 0.15) is 30.4 Å². The lowest BCUT2D eigenvalue weighted by atomic mass is 9.99. The highest BCUT2D eigenvalue weighted by atomic mass is 127. The number of phenols is 1. The molecule has 7 heteroatoms. The van der Waals surface area contributed by atoms with Gasteiger partial charge in [0.05, 0.1) is 20.8 Å². The number of nitrogens with one attached hydrogen (secondary N) is 1. The molecule has 2 aromatic carbocycles. The first-order valence-corrected chi connectivity index (χ1v) is 9.68. The summed E-state index contributed by atoms with van der Waals surface area (Å²) in [5.74, 6) is 2.22. The van der Waals surface area contributed by atoms with Crippen molar-refractivity contribution in [2.24, 2.45) is 4.99 Å². The van der Waals surface area contributed by atoms with Gasteiger partial charge in [-0.05, 0) is 36.6 Å². The lowest BCUT2D eigenvalue weighted by molar-refractivity contribution is 0.339. The third-order valence-electron chi connectivity index (χ3n) is 5.04. The van der Waals surface area contributed by atoms with Gasteiger partial charge in [0.1, 0.15) is 0 Å². The van der Waals surface area contributed by atoms with Crippen LogP contribution >= 0.6 is 24.0 Å². The molecular weight excluding hydrogens is 481 g/mol. The molecule has 2 N–H and O–H groups in total. The van der Waals surface area contributed by atoms with E-state index >= 15 is 0 Å². The maximum atomic E-state index is 10.1. The van der Waals surface area contributed by atoms with E-state index < -0.39 is 0 Å². The van der Waals surface area contributed by atoms with E-state index in [-0.39, 0.29) is 29.7 Å². The standard InChI is InChI=1S/C22H29N3O3.HI/c1-4-23-22(25-11-10-18(15-25)17-8-6-5-7-9-17)24-14-16-12-19(27-2)21(26)20(13-16)28-3;/h5-9,12-13,18,26H,4,10-11,14-15H2,1-3H3,(H,23,24);1H. The highest BCUT2D eigenvalue weighted by molar-refractivity contribution is 14.0. The summed E-state index contributed by atoms with van der Waals surface area (Å²) in [4.78, 5) is 7.13. The Balaban J connectivity index is 0.00000300. The number of rotatable bonds is 6. The quantitative estimate of drug-likeness (QED) is 0.349. The number of benzene rings is 2. The van der Waals surface area contributed by atoms with E-state index in [1.165, 1.54) is 19.8 Å². The van der Waals surface area contributed by atoms with Crippen molar-refractivity contribution in [1.29, 1.82) is 0 Å². The Hall–Kier alpha value is -2.16. The lowest BCUT2D eigenvalue weighted by Crippen LogP contribution is -2.40. The monoisotopic (exact) mass is 511 g/mol. The number of halogens is 1. The molecule has 0 spiro atoms. The molecule has 1 aliphatic heterocycles. The molecule has 1 atom stereocenters. The fraction of sp³-hybridized carbons (Fsp3) is 0.409. The topological polar surface area (TPSA) is 66.3 Å². The molecule has 6 nitrogen and oxygen atoms in total. The first-order valence-electron chi connectivity index (χ1n) is 9.68. The van der Waals surface area contributed by atoms with Gasteiger partial charge in [0, 0.05) is 25.6 Å². The Morgan fingerprint density at radius 2 is 1.83 bits per heavy atom. The minimum absolute atomic E-state index is 0. The highest BCUT2D eigenvalue weighted by Crippen LogP contribution is 2.37. The summed E-state index contributed by atoms with van der Waals surface area (Å²) >= 11 is 0. The average molecular weight is 511 g/mol. The predicted octanol–water partition coefficient (Wildman–Crippen LogP) is 3.98. The minimum atomic E-state index is 0. The van der Waals surface area contributed by atoms with Crippen molar-refractivity contribution in [2.45, 2.75) is 25.8 Å². The predicted molar refractivity (Wildman–Crippen MR) is 127 cm³/mol. The van der Waals surface area contributed by atoms with E-state index in [0.717, 1.165) is 37.6 Å². The van der Waals surface area contributed by atoms with Crippen LogP contribution < -0.4 is 14.8 Å². The van der Waals surface area contributed by atoms with Gasteiger partial charge < -0.3 is 24.8 Å². The second-order valence-corrected chi connectivity index (χ2v) is 6.86. The minimum Gasteiger partial charge on any atom is -0.502 e. The van der Waals surface area contributed by atoms with Crippen LogP contribution in [0.25, 0.3) is 0 Å². The van der Waals surface area contributed by atoms with Gasteiger partial charge in [-0.3, -0.25) is 0 Å². The molecule has 0 bridgehead atoms. The molecule has 2 aromatic rings. The molecule has 0 amide bonds. The number of hydrogen-bond acceptors (Lipinski definition) is 4. The summed E-state index contributed by atoms with van der Waals surface area (Å²) in [5.41, 5.74) is 2.30. The van der Waals surface area contributed by atoms with Gasteiger partial charge in [-0.2, -0.15) is 0 Å². The molecule has 0 aliphatic carbocycles. The molecule has 1 unspecified atom stereocenters. The summed E-state index contributed by atoms with van der Waals surface area (Å²) in [5, 5.41) is 13.5.